The Morgan fingerprint density at radius 1 is 1.24 bits per heavy atom. The molecule has 1 N–H and O–H groups in total. The summed E-state index contributed by atoms with van der Waals surface area (Å²) in [6, 6.07) is 2.46. The van der Waals surface area contributed by atoms with Crippen molar-refractivity contribution in [3.63, 3.8) is 0 Å². The van der Waals surface area contributed by atoms with E-state index in [1.165, 1.54) is 27.7 Å². The first-order chi connectivity index (χ1) is 13.5. The number of rotatable bonds is 5. The van der Waals surface area contributed by atoms with Gasteiger partial charge in [0.25, 0.3) is 0 Å². The Morgan fingerprint density at radius 2 is 1.90 bits per heavy atom. The van der Waals surface area contributed by atoms with Gasteiger partial charge in [0.15, 0.2) is 0 Å². The number of alkyl halides is 3. The summed E-state index contributed by atoms with van der Waals surface area (Å²) < 4.78 is 69.2. The second-order valence-corrected chi connectivity index (χ2v) is 7.82. The van der Waals surface area contributed by atoms with Crippen molar-refractivity contribution in [2.45, 2.75) is 51.4 Å². The number of imidazole rings is 1. The first-order valence-corrected chi connectivity index (χ1v) is 10.6. The van der Waals surface area contributed by atoms with Gasteiger partial charge in [-0.2, -0.15) is 18.3 Å². The summed E-state index contributed by atoms with van der Waals surface area (Å²) in [5.74, 6) is 0.302. The minimum Gasteiger partial charge on any atom is -0.330 e. The van der Waals surface area contributed by atoms with E-state index in [-0.39, 0.29) is 10.4 Å². The van der Waals surface area contributed by atoms with Gasteiger partial charge in [-0.05, 0) is 32.0 Å². The molecule has 0 saturated heterocycles. The van der Waals surface area contributed by atoms with E-state index in [1.807, 2.05) is 20.8 Å². The lowest BCUT2D eigenvalue weighted by Crippen LogP contribution is -2.28. The van der Waals surface area contributed by atoms with Crippen molar-refractivity contribution in [1.29, 1.82) is 0 Å². The molecule has 3 aromatic rings. The quantitative estimate of drug-likeness (QED) is 0.665. The number of aryl methyl sites for hydroxylation is 2. The van der Waals surface area contributed by atoms with Crippen molar-refractivity contribution in [2.75, 3.05) is 0 Å². The molecule has 0 aliphatic carbocycles. The van der Waals surface area contributed by atoms with Gasteiger partial charge in [-0.25, -0.2) is 18.1 Å². The monoisotopic (exact) mass is 431 g/mol. The van der Waals surface area contributed by atoms with Crippen LogP contribution in [0.25, 0.3) is 11.0 Å². The molecular formula is C18H24F3N5O2S. The first-order valence-electron chi connectivity index (χ1n) is 9.11. The third-order valence-corrected chi connectivity index (χ3v) is 5.70. The molecule has 1 aromatic carbocycles. The van der Waals surface area contributed by atoms with E-state index >= 15 is 0 Å². The van der Waals surface area contributed by atoms with Crippen LogP contribution in [0.3, 0.4) is 0 Å². The highest BCUT2D eigenvalue weighted by Crippen LogP contribution is 2.32. The van der Waals surface area contributed by atoms with E-state index in [4.69, 9.17) is 0 Å². The van der Waals surface area contributed by atoms with Gasteiger partial charge in [-0.15, -0.1) is 0 Å². The van der Waals surface area contributed by atoms with Crippen LogP contribution in [-0.4, -0.2) is 27.7 Å². The van der Waals surface area contributed by atoms with E-state index in [0.29, 0.717) is 17.9 Å². The molecule has 0 spiro atoms. The molecule has 0 saturated carbocycles. The van der Waals surface area contributed by atoms with Gasteiger partial charge in [0.05, 0.1) is 28.8 Å². The van der Waals surface area contributed by atoms with E-state index in [2.05, 4.69) is 14.8 Å². The van der Waals surface area contributed by atoms with Crippen LogP contribution in [0.2, 0.25) is 0 Å². The number of halogens is 3. The number of nitrogens with one attached hydrogen (secondary N) is 1. The third-order valence-electron chi connectivity index (χ3n) is 4.21. The molecule has 0 amide bonds. The Bertz CT molecular complexity index is 1090. The lowest BCUT2D eigenvalue weighted by Gasteiger charge is -2.13. The highest BCUT2D eigenvalue weighted by molar-refractivity contribution is 7.89. The summed E-state index contributed by atoms with van der Waals surface area (Å²) in [4.78, 5) is 4.29. The Morgan fingerprint density at radius 3 is 2.45 bits per heavy atom. The summed E-state index contributed by atoms with van der Waals surface area (Å²) >= 11 is 0. The van der Waals surface area contributed by atoms with Crippen LogP contribution in [0, 0.1) is 0 Å². The van der Waals surface area contributed by atoms with Gasteiger partial charge in [-0.1, -0.05) is 13.8 Å². The first kappa shape index (κ1) is 22.9. The standard InChI is InChI=1S/C16H18F3N5O2S.C2H6/c1-4-24-9-12(8-20-24)27(25,26)22-10(2)15-21-13-6-5-11(16(17,18)19)7-14(13)23(15)3;1-2/h5-10,22H,4H2,1-3H3;1-2H3. The van der Waals surface area contributed by atoms with Crippen LogP contribution in [0.4, 0.5) is 13.2 Å². The number of hydrogen-bond acceptors (Lipinski definition) is 4. The minimum atomic E-state index is -4.47. The number of hydrogen-bond donors (Lipinski definition) is 1. The number of fused-ring (bicyclic) bond motifs is 1. The molecule has 11 heteroatoms. The molecule has 0 radical (unpaired) electrons. The van der Waals surface area contributed by atoms with E-state index in [9.17, 15) is 21.6 Å². The third kappa shape index (κ3) is 4.78. The molecule has 0 bridgehead atoms. The van der Waals surface area contributed by atoms with E-state index in [1.54, 1.807) is 14.0 Å². The van der Waals surface area contributed by atoms with Crippen LogP contribution in [-0.2, 0) is 29.8 Å². The molecule has 7 nitrogen and oxygen atoms in total. The second-order valence-electron chi connectivity index (χ2n) is 6.10. The zero-order valence-electron chi connectivity index (χ0n) is 16.8. The van der Waals surface area contributed by atoms with Gasteiger partial charge >= 0.3 is 6.18 Å². The van der Waals surface area contributed by atoms with Gasteiger partial charge in [0.1, 0.15) is 10.7 Å². The molecule has 160 valence electrons. The molecule has 1 unspecified atom stereocenters. The average molecular weight is 431 g/mol. The van der Waals surface area contributed by atoms with Gasteiger partial charge < -0.3 is 4.57 Å². The largest absolute Gasteiger partial charge is 0.416 e. The smallest absolute Gasteiger partial charge is 0.330 e. The highest BCUT2D eigenvalue weighted by atomic mass is 32.2. The zero-order chi connectivity index (χ0) is 22.0. The normalized spacial score (nSPS) is 13.2. The summed E-state index contributed by atoms with van der Waals surface area (Å²) in [5.41, 5.74) is -0.167. The predicted molar refractivity (Wildman–Crippen MR) is 104 cm³/mol. The molecule has 0 aliphatic heterocycles. The maximum absolute atomic E-state index is 12.9. The molecular weight excluding hydrogens is 407 g/mol. The Kier molecular flexibility index (Phi) is 6.74. The fourth-order valence-electron chi connectivity index (χ4n) is 2.78. The highest BCUT2D eigenvalue weighted by Gasteiger charge is 2.31. The van der Waals surface area contributed by atoms with Crippen LogP contribution in [0.1, 0.15) is 45.1 Å². The summed E-state index contributed by atoms with van der Waals surface area (Å²) in [6.45, 7) is 7.93. The van der Waals surface area contributed by atoms with Crippen molar-refractivity contribution < 1.29 is 21.6 Å². The maximum Gasteiger partial charge on any atom is 0.416 e. The lowest BCUT2D eigenvalue weighted by atomic mass is 10.2. The van der Waals surface area contributed by atoms with E-state index < -0.39 is 27.8 Å². The van der Waals surface area contributed by atoms with E-state index in [0.717, 1.165) is 12.1 Å². The summed E-state index contributed by atoms with van der Waals surface area (Å²) in [7, 11) is -2.30. The zero-order valence-corrected chi connectivity index (χ0v) is 17.6. The lowest BCUT2D eigenvalue weighted by molar-refractivity contribution is -0.137. The van der Waals surface area contributed by atoms with Crippen LogP contribution in [0.5, 0.6) is 0 Å². The van der Waals surface area contributed by atoms with Crippen molar-refractivity contribution in [1.82, 2.24) is 24.1 Å². The van der Waals surface area contributed by atoms with Gasteiger partial charge in [-0.3, -0.25) is 4.68 Å². The second kappa shape index (κ2) is 8.54. The number of aromatic nitrogens is 4. The molecule has 2 heterocycles. The van der Waals surface area contributed by atoms with Crippen molar-refractivity contribution in [3.05, 3.63) is 42.0 Å². The van der Waals surface area contributed by atoms with Crippen molar-refractivity contribution in [3.8, 4) is 0 Å². The topological polar surface area (TPSA) is 81.8 Å². The fourth-order valence-corrected chi connectivity index (χ4v) is 3.94. The van der Waals surface area contributed by atoms with Crippen molar-refractivity contribution >= 4 is 21.1 Å². The number of sulfonamides is 1. The Hall–Kier alpha value is -2.40. The van der Waals surface area contributed by atoms with Crippen molar-refractivity contribution in [2.24, 2.45) is 7.05 Å². The SMILES string of the molecule is CC.CCn1cc(S(=O)(=O)NC(C)c2nc3ccc(C(F)(F)F)cc3n2C)cn1. The maximum atomic E-state index is 12.9. The van der Waals surface area contributed by atoms with Crippen LogP contribution < -0.4 is 4.72 Å². The average Bonchev–Trinajstić information content (AvgIpc) is 3.27. The Balaban J connectivity index is 0.00000145. The number of nitrogens with zero attached hydrogens (tertiary/aromatic N) is 4. The minimum absolute atomic E-state index is 0.00863. The van der Waals surface area contributed by atoms with Gasteiger partial charge in [0.2, 0.25) is 10.0 Å². The molecule has 1 atom stereocenters. The number of benzene rings is 1. The molecule has 2 aromatic heterocycles. The van der Waals surface area contributed by atoms with Crippen LogP contribution >= 0.6 is 0 Å². The summed E-state index contributed by atoms with van der Waals surface area (Å²) in [6.07, 6.45) is -1.83. The van der Waals surface area contributed by atoms with Gasteiger partial charge in [0, 0.05) is 19.8 Å². The Labute approximate surface area is 167 Å². The molecule has 0 aliphatic rings. The molecule has 29 heavy (non-hydrogen) atoms. The molecule has 0 fully saturated rings. The molecule has 3 rings (SSSR count). The summed E-state index contributed by atoms with van der Waals surface area (Å²) in [5, 5.41) is 3.94. The fraction of sp³-hybridized carbons (Fsp3) is 0.444. The van der Waals surface area contributed by atoms with Crippen LogP contribution in [0.15, 0.2) is 35.5 Å². The predicted octanol–water partition coefficient (Wildman–Crippen LogP) is 3.87.